The number of para-hydroxylation sites is 1. The number of carbonyl (C=O) groups excluding carboxylic acids is 2. The van der Waals surface area contributed by atoms with Gasteiger partial charge in [0.05, 0.1) is 16.2 Å². The second-order valence-corrected chi connectivity index (χ2v) is 8.77. The first kappa shape index (κ1) is 20.8. The average molecular weight is 415 g/mol. The molecule has 2 heterocycles. The minimum atomic E-state index is -0.153. The molecular weight excluding hydrogens is 388 g/mol. The third-order valence-electron chi connectivity index (χ3n) is 5.30. The Balaban J connectivity index is 1.94. The summed E-state index contributed by atoms with van der Waals surface area (Å²) in [5.74, 6) is 0.138. The topological polar surface area (TPSA) is 40.6 Å². The third kappa shape index (κ3) is 3.80. The van der Waals surface area contributed by atoms with E-state index in [9.17, 15) is 9.59 Å². The quantitative estimate of drug-likeness (QED) is 0.341. The van der Waals surface area contributed by atoms with Crippen LogP contribution < -0.4 is 4.90 Å². The molecule has 1 aromatic carbocycles. The molecule has 0 aromatic heterocycles. The predicted octanol–water partition coefficient (Wildman–Crippen LogP) is 5.01. The fourth-order valence-electron chi connectivity index (χ4n) is 3.69. The molecule has 0 spiro atoms. The van der Waals surface area contributed by atoms with Crippen molar-refractivity contribution in [1.82, 2.24) is 4.90 Å². The lowest BCUT2D eigenvalue weighted by atomic mass is 9.98. The van der Waals surface area contributed by atoms with Crippen LogP contribution in [0.5, 0.6) is 0 Å². The molecule has 0 bridgehead atoms. The Hall–Kier alpha value is -1.92. The van der Waals surface area contributed by atoms with Gasteiger partial charge in [-0.05, 0) is 18.4 Å². The predicted molar refractivity (Wildman–Crippen MR) is 121 cm³/mol. The molecule has 0 radical (unpaired) electrons. The maximum Gasteiger partial charge on any atom is 0.267 e. The summed E-state index contributed by atoms with van der Waals surface area (Å²) in [5, 5.41) is 0. The number of carbonyl (C=O) groups is 2. The van der Waals surface area contributed by atoms with Gasteiger partial charge in [-0.2, -0.15) is 0 Å². The van der Waals surface area contributed by atoms with E-state index < -0.39 is 0 Å². The highest BCUT2D eigenvalue weighted by molar-refractivity contribution is 8.26. The van der Waals surface area contributed by atoms with E-state index in [1.807, 2.05) is 24.3 Å². The molecule has 4 nitrogen and oxygen atoms in total. The normalized spacial score (nSPS) is 20.1. The summed E-state index contributed by atoms with van der Waals surface area (Å²) >= 11 is 6.78. The highest BCUT2D eigenvalue weighted by Gasteiger charge is 2.41. The number of amides is 2. The molecule has 1 fully saturated rings. The lowest BCUT2D eigenvalue weighted by Gasteiger charge is -2.21. The highest BCUT2D eigenvalue weighted by Crippen LogP contribution is 2.44. The molecule has 28 heavy (non-hydrogen) atoms. The van der Waals surface area contributed by atoms with Crippen molar-refractivity contribution in [3.05, 3.63) is 47.4 Å². The standard InChI is InChI=1S/C22H26N2O2S2/c1-4-7-10-15(6-3)14-24-21(26)19(28-22(24)27)18-16-11-8-9-12-17(16)23(13-5-2)20(18)25/h5,8-9,11-12,15H,2,4,6-7,10,13-14H2,1,3H3/b19-18-/t15-/m1/s1. The van der Waals surface area contributed by atoms with Gasteiger partial charge in [-0.3, -0.25) is 14.5 Å². The van der Waals surface area contributed by atoms with Gasteiger partial charge in [-0.15, -0.1) is 6.58 Å². The van der Waals surface area contributed by atoms with E-state index in [0.717, 1.165) is 36.9 Å². The van der Waals surface area contributed by atoms with E-state index in [1.54, 1.807) is 15.9 Å². The molecule has 148 valence electrons. The largest absolute Gasteiger partial charge is 0.304 e. The first-order valence-corrected chi connectivity index (χ1v) is 11.1. The smallest absolute Gasteiger partial charge is 0.267 e. The van der Waals surface area contributed by atoms with Crippen LogP contribution >= 0.6 is 24.0 Å². The van der Waals surface area contributed by atoms with Crippen LogP contribution in [0.15, 0.2) is 41.8 Å². The van der Waals surface area contributed by atoms with Crippen molar-refractivity contribution in [1.29, 1.82) is 0 Å². The van der Waals surface area contributed by atoms with Gasteiger partial charge in [0.15, 0.2) is 0 Å². The van der Waals surface area contributed by atoms with Crippen molar-refractivity contribution in [3.8, 4) is 0 Å². The Bertz CT molecular complexity index is 847. The first-order valence-electron chi connectivity index (χ1n) is 9.83. The van der Waals surface area contributed by atoms with E-state index in [-0.39, 0.29) is 11.8 Å². The van der Waals surface area contributed by atoms with E-state index in [4.69, 9.17) is 12.2 Å². The van der Waals surface area contributed by atoms with Crippen LogP contribution in [-0.4, -0.2) is 34.1 Å². The number of unbranched alkanes of at least 4 members (excludes halogenated alkanes) is 1. The van der Waals surface area contributed by atoms with Gasteiger partial charge in [0.25, 0.3) is 11.8 Å². The molecule has 0 N–H and O–H groups in total. The molecule has 6 heteroatoms. The Kier molecular flexibility index (Phi) is 6.73. The molecule has 2 aliphatic heterocycles. The summed E-state index contributed by atoms with van der Waals surface area (Å²) in [6, 6.07) is 7.59. The van der Waals surface area contributed by atoms with Gasteiger partial charge in [0.1, 0.15) is 4.32 Å². The molecule has 0 aliphatic carbocycles. The van der Waals surface area contributed by atoms with Crippen molar-refractivity contribution in [2.75, 3.05) is 18.0 Å². The van der Waals surface area contributed by atoms with Crippen molar-refractivity contribution < 1.29 is 9.59 Å². The monoisotopic (exact) mass is 414 g/mol. The number of fused-ring (bicyclic) bond motifs is 1. The summed E-state index contributed by atoms with van der Waals surface area (Å²) in [6.45, 7) is 9.12. The Morgan fingerprint density at radius 3 is 2.61 bits per heavy atom. The average Bonchev–Trinajstić information content (AvgIpc) is 3.13. The van der Waals surface area contributed by atoms with Crippen molar-refractivity contribution in [2.45, 2.75) is 39.5 Å². The number of anilines is 1. The number of hydrogen-bond donors (Lipinski definition) is 0. The number of rotatable bonds is 8. The summed E-state index contributed by atoms with van der Waals surface area (Å²) in [4.78, 5) is 30.1. The first-order chi connectivity index (χ1) is 13.5. The van der Waals surface area contributed by atoms with Gasteiger partial charge in [-0.1, -0.05) is 81.4 Å². The lowest BCUT2D eigenvalue weighted by Crippen LogP contribution is -2.33. The molecule has 2 amide bonds. The van der Waals surface area contributed by atoms with Crippen LogP contribution in [0.4, 0.5) is 5.69 Å². The van der Waals surface area contributed by atoms with Gasteiger partial charge in [0, 0.05) is 18.7 Å². The van der Waals surface area contributed by atoms with Crippen LogP contribution in [0.3, 0.4) is 0 Å². The molecule has 0 saturated carbocycles. The molecule has 3 rings (SSSR count). The van der Waals surface area contributed by atoms with Gasteiger partial charge in [-0.25, -0.2) is 0 Å². The van der Waals surface area contributed by atoms with E-state index in [2.05, 4.69) is 20.4 Å². The van der Waals surface area contributed by atoms with Crippen LogP contribution in [-0.2, 0) is 9.59 Å². The number of thiocarbonyl (C=S) groups is 1. The third-order valence-corrected chi connectivity index (χ3v) is 6.74. The zero-order valence-corrected chi connectivity index (χ0v) is 18.1. The molecule has 0 unspecified atom stereocenters. The van der Waals surface area contributed by atoms with Gasteiger partial charge < -0.3 is 4.90 Å². The van der Waals surface area contributed by atoms with Crippen LogP contribution in [0.1, 0.15) is 45.1 Å². The molecule has 1 saturated heterocycles. The summed E-state index contributed by atoms with van der Waals surface area (Å²) in [6.07, 6.45) is 6.09. The van der Waals surface area contributed by atoms with Crippen molar-refractivity contribution >= 4 is 51.4 Å². The zero-order valence-electron chi connectivity index (χ0n) is 16.4. The second kappa shape index (κ2) is 9.05. The SMILES string of the molecule is C=CCN1C(=O)/C(=C2\SC(=S)N(C[C@H](CC)CCCC)C2=O)c2ccccc21. The van der Waals surface area contributed by atoms with Crippen LogP contribution in [0, 0.1) is 5.92 Å². The molecule has 2 aliphatic rings. The molecule has 1 atom stereocenters. The molecule has 1 aromatic rings. The number of thioether (sulfide) groups is 1. The zero-order chi connectivity index (χ0) is 20.3. The van der Waals surface area contributed by atoms with E-state index in [1.165, 1.54) is 11.8 Å². The number of nitrogens with zero attached hydrogens (tertiary/aromatic N) is 2. The van der Waals surface area contributed by atoms with Crippen molar-refractivity contribution in [2.24, 2.45) is 5.92 Å². The van der Waals surface area contributed by atoms with Crippen LogP contribution in [0.2, 0.25) is 0 Å². The van der Waals surface area contributed by atoms with Gasteiger partial charge >= 0.3 is 0 Å². The summed E-state index contributed by atoms with van der Waals surface area (Å²) in [5.41, 5.74) is 2.09. The number of hydrogen-bond acceptors (Lipinski definition) is 4. The Morgan fingerprint density at radius 1 is 1.18 bits per heavy atom. The Labute approximate surface area is 176 Å². The van der Waals surface area contributed by atoms with Crippen LogP contribution in [0.25, 0.3) is 5.57 Å². The minimum Gasteiger partial charge on any atom is -0.304 e. The Morgan fingerprint density at radius 2 is 1.93 bits per heavy atom. The van der Waals surface area contributed by atoms with Crippen molar-refractivity contribution in [3.63, 3.8) is 0 Å². The molecular formula is C22H26N2O2S2. The maximum absolute atomic E-state index is 13.2. The fourth-order valence-corrected chi connectivity index (χ4v) is 5.04. The van der Waals surface area contributed by atoms with E-state index >= 15 is 0 Å². The number of benzene rings is 1. The maximum atomic E-state index is 13.2. The summed E-state index contributed by atoms with van der Waals surface area (Å²) in [7, 11) is 0. The van der Waals surface area contributed by atoms with Gasteiger partial charge in [0.2, 0.25) is 0 Å². The highest BCUT2D eigenvalue weighted by atomic mass is 32.2. The van der Waals surface area contributed by atoms with E-state index in [0.29, 0.717) is 33.8 Å². The minimum absolute atomic E-state index is 0.136. The second-order valence-electron chi connectivity index (χ2n) is 7.13. The lowest BCUT2D eigenvalue weighted by molar-refractivity contribution is -0.123. The fraction of sp³-hybridized carbons (Fsp3) is 0.409. The summed E-state index contributed by atoms with van der Waals surface area (Å²) < 4.78 is 0.551.